The number of benzene rings is 1. The van der Waals surface area contributed by atoms with Crippen LogP contribution in [0, 0.1) is 0 Å². The van der Waals surface area contributed by atoms with Gasteiger partial charge >= 0.3 is 0 Å². The second kappa shape index (κ2) is 6.94. The third-order valence-electron chi connectivity index (χ3n) is 2.69. The van der Waals surface area contributed by atoms with Crippen LogP contribution in [0.25, 0.3) is 11.3 Å². The number of methoxy groups -OCH3 is 2. The van der Waals surface area contributed by atoms with E-state index in [1.807, 2.05) is 18.2 Å². The van der Waals surface area contributed by atoms with E-state index in [0.29, 0.717) is 22.2 Å². The standard InChI is InChI=1S/C14H15N3O3S/c1-19-9-3-4-10(12(7-9)20-2)11-5-6-14(17-16-11)21-8-13(15)18/h3-7H,8H2,1-2H3,(H2,15,18). The Balaban J connectivity index is 2.24. The van der Waals surface area contributed by atoms with Crippen LogP contribution in [0.5, 0.6) is 11.5 Å². The average Bonchev–Trinajstić information content (AvgIpc) is 2.52. The Morgan fingerprint density at radius 3 is 2.57 bits per heavy atom. The number of nitrogens with zero attached hydrogens (tertiary/aromatic N) is 2. The van der Waals surface area contributed by atoms with Gasteiger partial charge in [-0.1, -0.05) is 11.8 Å². The molecule has 0 atom stereocenters. The minimum atomic E-state index is -0.386. The van der Waals surface area contributed by atoms with E-state index >= 15 is 0 Å². The summed E-state index contributed by atoms with van der Waals surface area (Å²) < 4.78 is 10.5. The van der Waals surface area contributed by atoms with Gasteiger partial charge in [-0.2, -0.15) is 0 Å². The molecule has 2 aromatic rings. The first-order valence-electron chi connectivity index (χ1n) is 6.11. The summed E-state index contributed by atoms with van der Waals surface area (Å²) >= 11 is 1.25. The highest BCUT2D eigenvalue weighted by atomic mass is 32.2. The summed E-state index contributed by atoms with van der Waals surface area (Å²) in [6.07, 6.45) is 0. The molecule has 0 aliphatic rings. The molecule has 0 unspecified atom stereocenters. The lowest BCUT2D eigenvalue weighted by molar-refractivity contribution is -0.115. The van der Waals surface area contributed by atoms with Crippen LogP contribution in [0.2, 0.25) is 0 Å². The molecular weight excluding hydrogens is 290 g/mol. The Hall–Kier alpha value is -2.28. The van der Waals surface area contributed by atoms with Crippen LogP contribution in [0.15, 0.2) is 35.4 Å². The third-order valence-corrected chi connectivity index (χ3v) is 3.63. The topological polar surface area (TPSA) is 87.3 Å². The number of carbonyl (C=O) groups excluding carboxylic acids is 1. The summed E-state index contributed by atoms with van der Waals surface area (Å²) in [4.78, 5) is 10.7. The van der Waals surface area contributed by atoms with Crippen molar-refractivity contribution in [1.29, 1.82) is 0 Å². The van der Waals surface area contributed by atoms with Crippen molar-refractivity contribution in [2.24, 2.45) is 5.73 Å². The van der Waals surface area contributed by atoms with Gasteiger partial charge in [0, 0.05) is 11.6 Å². The fourth-order valence-electron chi connectivity index (χ4n) is 1.70. The number of hydrogen-bond acceptors (Lipinski definition) is 6. The van der Waals surface area contributed by atoms with Gasteiger partial charge in [-0.05, 0) is 24.3 Å². The summed E-state index contributed by atoms with van der Waals surface area (Å²) in [5.41, 5.74) is 6.59. The number of carbonyl (C=O) groups is 1. The number of thioether (sulfide) groups is 1. The molecule has 0 aliphatic heterocycles. The molecule has 0 aliphatic carbocycles. The quantitative estimate of drug-likeness (QED) is 0.818. The Morgan fingerprint density at radius 1 is 1.19 bits per heavy atom. The van der Waals surface area contributed by atoms with Crippen molar-refractivity contribution in [3.8, 4) is 22.8 Å². The van der Waals surface area contributed by atoms with Gasteiger partial charge in [0.2, 0.25) is 5.91 Å². The highest BCUT2D eigenvalue weighted by Gasteiger charge is 2.10. The van der Waals surface area contributed by atoms with Gasteiger partial charge in [-0.25, -0.2) is 0 Å². The highest BCUT2D eigenvalue weighted by molar-refractivity contribution is 7.99. The van der Waals surface area contributed by atoms with E-state index in [1.165, 1.54) is 11.8 Å². The summed E-state index contributed by atoms with van der Waals surface area (Å²) in [6.45, 7) is 0. The van der Waals surface area contributed by atoms with E-state index in [0.717, 1.165) is 5.56 Å². The SMILES string of the molecule is COc1ccc(-c2ccc(SCC(N)=O)nn2)c(OC)c1. The predicted octanol–water partition coefficient (Wildman–Crippen LogP) is 1.74. The molecule has 1 aromatic carbocycles. The van der Waals surface area contributed by atoms with E-state index < -0.39 is 0 Å². The second-order valence-corrected chi connectivity index (χ2v) is 5.07. The first kappa shape index (κ1) is 15.1. The lowest BCUT2D eigenvalue weighted by atomic mass is 10.1. The van der Waals surface area contributed by atoms with Crippen LogP contribution >= 0.6 is 11.8 Å². The van der Waals surface area contributed by atoms with Gasteiger partial charge in [0.05, 0.1) is 25.7 Å². The molecule has 0 fully saturated rings. The molecule has 0 bridgehead atoms. The van der Waals surface area contributed by atoms with E-state index in [9.17, 15) is 4.79 Å². The molecule has 0 spiro atoms. The minimum Gasteiger partial charge on any atom is -0.497 e. The third kappa shape index (κ3) is 3.85. The van der Waals surface area contributed by atoms with Crippen LogP contribution in [-0.2, 0) is 4.79 Å². The van der Waals surface area contributed by atoms with Gasteiger partial charge < -0.3 is 15.2 Å². The van der Waals surface area contributed by atoms with Gasteiger partial charge in [0.15, 0.2) is 0 Å². The first-order valence-corrected chi connectivity index (χ1v) is 7.10. The molecule has 2 rings (SSSR count). The number of primary amides is 1. The van der Waals surface area contributed by atoms with Crippen LogP contribution < -0.4 is 15.2 Å². The Bertz CT molecular complexity index is 632. The van der Waals surface area contributed by atoms with Crippen molar-refractivity contribution in [3.63, 3.8) is 0 Å². The average molecular weight is 305 g/mol. The van der Waals surface area contributed by atoms with Crippen LogP contribution in [0.4, 0.5) is 0 Å². The molecule has 6 nitrogen and oxygen atoms in total. The van der Waals surface area contributed by atoms with Crippen molar-refractivity contribution in [3.05, 3.63) is 30.3 Å². The molecule has 21 heavy (non-hydrogen) atoms. The van der Waals surface area contributed by atoms with Gasteiger partial charge in [0.1, 0.15) is 16.5 Å². The Labute approximate surface area is 126 Å². The molecule has 0 saturated heterocycles. The number of aromatic nitrogens is 2. The van der Waals surface area contributed by atoms with E-state index in [-0.39, 0.29) is 11.7 Å². The molecule has 0 radical (unpaired) electrons. The largest absolute Gasteiger partial charge is 0.497 e. The predicted molar refractivity (Wildman–Crippen MR) is 80.5 cm³/mol. The maximum absolute atomic E-state index is 10.7. The lowest BCUT2D eigenvalue weighted by Crippen LogP contribution is -2.13. The number of rotatable bonds is 6. The second-order valence-electron chi connectivity index (χ2n) is 4.08. The molecular formula is C14H15N3O3S. The molecule has 110 valence electrons. The summed E-state index contributed by atoms with van der Waals surface area (Å²) in [7, 11) is 3.18. The number of ether oxygens (including phenoxy) is 2. The molecule has 7 heteroatoms. The van der Waals surface area contributed by atoms with Crippen molar-refractivity contribution in [1.82, 2.24) is 10.2 Å². The van der Waals surface area contributed by atoms with Crippen molar-refractivity contribution in [2.45, 2.75) is 5.03 Å². The van der Waals surface area contributed by atoms with E-state index in [1.54, 1.807) is 26.4 Å². The Morgan fingerprint density at radius 2 is 2.00 bits per heavy atom. The summed E-state index contributed by atoms with van der Waals surface area (Å²) in [5, 5.41) is 8.85. The van der Waals surface area contributed by atoms with E-state index in [4.69, 9.17) is 15.2 Å². The van der Waals surface area contributed by atoms with Crippen molar-refractivity contribution >= 4 is 17.7 Å². The molecule has 1 aromatic heterocycles. The Kier molecular flexibility index (Phi) is 4.99. The molecule has 1 heterocycles. The summed E-state index contributed by atoms with van der Waals surface area (Å²) in [6, 6.07) is 9.08. The first-order chi connectivity index (χ1) is 10.1. The van der Waals surface area contributed by atoms with Gasteiger partial charge in [0.25, 0.3) is 0 Å². The number of amides is 1. The zero-order valence-corrected chi connectivity index (χ0v) is 12.5. The normalized spacial score (nSPS) is 10.2. The van der Waals surface area contributed by atoms with Crippen LogP contribution in [0.1, 0.15) is 0 Å². The van der Waals surface area contributed by atoms with Crippen molar-refractivity contribution in [2.75, 3.05) is 20.0 Å². The minimum absolute atomic E-state index is 0.180. The number of nitrogens with two attached hydrogens (primary N) is 1. The number of hydrogen-bond donors (Lipinski definition) is 1. The fraction of sp³-hybridized carbons (Fsp3) is 0.214. The zero-order chi connectivity index (χ0) is 15.2. The monoisotopic (exact) mass is 305 g/mol. The van der Waals surface area contributed by atoms with Gasteiger partial charge in [-0.3, -0.25) is 4.79 Å². The highest BCUT2D eigenvalue weighted by Crippen LogP contribution is 2.32. The fourth-order valence-corrected chi connectivity index (χ4v) is 2.25. The maximum atomic E-state index is 10.7. The van der Waals surface area contributed by atoms with Crippen molar-refractivity contribution < 1.29 is 14.3 Å². The molecule has 0 saturated carbocycles. The molecule has 1 amide bonds. The maximum Gasteiger partial charge on any atom is 0.227 e. The lowest BCUT2D eigenvalue weighted by Gasteiger charge is -2.09. The smallest absolute Gasteiger partial charge is 0.227 e. The van der Waals surface area contributed by atoms with Gasteiger partial charge in [-0.15, -0.1) is 10.2 Å². The molecule has 2 N–H and O–H groups in total. The van der Waals surface area contributed by atoms with Crippen LogP contribution in [0.3, 0.4) is 0 Å². The zero-order valence-electron chi connectivity index (χ0n) is 11.7. The van der Waals surface area contributed by atoms with E-state index in [2.05, 4.69) is 10.2 Å². The summed E-state index contributed by atoms with van der Waals surface area (Å²) in [5.74, 6) is 1.15. The van der Waals surface area contributed by atoms with Crippen LogP contribution in [-0.4, -0.2) is 36.1 Å².